The summed E-state index contributed by atoms with van der Waals surface area (Å²) >= 11 is 0. The molecule has 0 heterocycles. The van der Waals surface area contributed by atoms with Crippen LogP contribution >= 0.6 is 0 Å². The van der Waals surface area contributed by atoms with E-state index in [1.54, 1.807) is 0 Å². The smallest absolute Gasteiger partial charge is 0.253 e. The molecule has 0 aliphatic rings. The van der Waals surface area contributed by atoms with Crippen LogP contribution in [0.3, 0.4) is 0 Å². The van der Waals surface area contributed by atoms with E-state index in [2.05, 4.69) is 5.32 Å². The zero-order valence-electron chi connectivity index (χ0n) is 11.4. The molecule has 110 valence electrons. The van der Waals surface area contributed by atoms with Crippen LogP contribution in [-0.4, -0.2) is 23.7 Å². The van der Waals surface area contributed by atoms with Gasteiger partial charge in [0.15, 0.2) is 0 Å². The van der Waals surface area contributed by atoms with Crippen molar-refractivity contribution in [3.8, 4) is 0 Å². The van der Waals surface area contributed by atoms with Crippen LogP contribution in [0.5, 0.6) is 0 Å². The number of halogens is 1. The van der Waals surface area contributed by atoms with Gasteiger partial charge in [-0.05, 0) is 30.2 Å². The number of carbonyl (C=O) groups excluding carboxylic acids is 1. The quantitative estimate of drug-likeness (QED) is 0.734. The lowest BCUT2D eigenvalue weighted by Crippen LogP contribution is -2.39. The number of aliphatic hydroxyl groups is 1. The monoisotopic (exact) mass is 288 g/mol. The van der Waals surface area contributed by atoms with Gasteiger partial charge in [0.1, 0.15) is 5.82 Å². The topological polar surface area (TPSA) is 75.4 Å². The number of anilines is 1. The predicted molar refractivity (Wildman–Crippen MR) is 79.3 cm³/mol. The summed E-state index contributed by atoms with van der Waals surface area (Å²) in [5.41, 5.74) is 6.90. The van der Waals surface area contributed by atoms with E-state index in [0.29, 0.717) is 6.42 Å². The lowest BCUT2D eigenvalue weighted by atomic mass is 10.1. The fraction of sp³-hybridized carbons (Fsp3) is 0.188. The minimum atomic E-state index is -0.493. The highest BCUT2D eigenvalue weighted by Gasteiger charge is 2.15. The highest BCUT2D eigenvalue weighted by Crippen LogP contribution is 2.14. The molecule has 0 fully saturated rings. The Balaban J connectivity index is 2.06. The van der Waals surface area contributed by atoms with Gasteiger partial charge in [0.2, 0.25) is 0 Å². The third-order valence-electron chi connectivity index (χ3n) is 3.14. The maximum Gasteiger partial charge on any atom is 0.253 e. The van der Waals surface area contributed by atoms with E-state index >= 15 is 0 Å². The average molecular weight is 288 g/mol. The number of aliphatic hydroxyl groups excluding tert-OH is 1. The maximum atomic E-state index is 13.0. The molecule has 0 bridgehead atoms. The Hall–Kier alpha value is -2.40. The van der Waals surface area contributed by atoms with Crippen molar-refractivity contribution in [2.45, 2.75) is 12.5 Å². The standard InChI is InChI=1S/C16H17FN2O2/c17-12-6-7-14(15(18)9-12)16(21)19-13(10-20)8-11-4-2-1-3-5-11/h1-7,9,13,20H,8,10,18H2,(H,19,21). The van der Waals surface area contributed by atoms with Crippen molar-refractivity contribution in [3.63, 3.8) is 0 Å². The molecule has 0 radical (unpaired) electrons. The van der Waals surface area contributed by atoms with Gasteiger partial charge in [-0.15, -0.1) is 0 Å². The van der Waals surface area contributed by atoms with Crippen LogP contribution in [0.4, 0.5) is 10.1 Å². The number of benzene rings is 2. The summed E-state index contributed by atoms with van der Waals surface area (Å²) in [7, 11) is 0. The Kier molecular flexibility index (Phi) is 4.90. The summed E-state index contributed by atoms with van der Waals surface area (Å²) in [5.74, 6) is -0.922. The molecule has 2 rings (SSSR count). The second-order valence-corrected chi connectivity index (χ2v) is 4.77. The zero-order valence-corrected chi connectivity index (χ0v) is 11.4. The van der Waals surface area contributed by atoms with E-state index in [1.165, 1.54) is 12.1 Å². The first-order chi connectivity index (χ1) is 10.1. The predicted octanol–water partition coefficient (Wildman–Crippen LogP) is 1.74. The molecule has 2 aromatic rings. The molecular formula is C16H17FN2O2. The van der Waals surface area contributed by atoms with Crippen molar-refractivity contribution < 1.29 is 14.3 Å². The number of carbonyl (C=O) groups is 1. The lowest BCUT2D eigenvalue weighted by molar-refractivity contribution is 0.0917. The second kappa shape index (κ2) is 6.85. The number of amides is 1. The van der Waals surface area contributed by atoms with Crippen molar-refractivity contribution in [1.82, 2.24) is 5.32 Å². The van der Waals surface area contributed by atoms with Gasteiger partial charge in [0.25, 0.3) is 5.91 Å². The van der Waals surface area contributed by atoms with Crippen LogP contribution in [0.2, 0.25) is 0 Å². The third-order valence-corrected chi connectivity index (χ3v) is 3.14. The largest absolute Gasteiger partial charge is 0.398 e. The first kappa shape index (κ1) is 15.0. The van der Waals surface area contributed by atoms with Gasteiger partial charge in [0, 0.05) is 5.69 Å². The summed E-state index contributed by atoms with van der Waals surface area (Å²) in [4.78, 5) is 12.1. The Morgan fingerprint density at radius 3 is 2.57 bits per heavy atom. The summed E-state index contributed by atoms with van der Waals surface area (Å²) < 4.78 is 13.0. The molecule has 2 aromatic carbocycles. The molecule has 1 unspecified atom stereocenters. The van der Waals surface area contributed by atoms with Crippen LogP contribution in [0, 0.1) is 5.82 Å². The fourth-order valence-electron chi connectivity index (χ4n) is 2.06. The summed E-state index contributed by atoms with van der Waals surface area (Å²) in [6, 6.07) is 12.7. The van der Waals surface area contributed by atoms with E-state index < -0.39 is 17.8 Å². The van der Waals surface area contributed by atoms with E-state index in [4.69, 9.17) is 5.73 Å². The summed E-state index contributed by atoms with van der Waals surface area (Å²) in [6.07, 6.45) is 0.504. The van der Waals surface area contributed by atoms with Gasteiger partial charge >= 0.3 is 0 Å². The number of nitrogens with two attached hydrogens (primary N) is 1. The number of nitrogens with one attached hydrogen (secondary N) is 1. The Morgan fingerprint density at radius 2 is 1.95 bits per heavy atom. The Morgan fingerprint density at radius 1 is 1.24 bits per heavy atom. The van der Waals surface area contributed by atoms with Crippen molar-refractivity contribution in [2.24, 2.45) is 0 Å². The number of hydrogen-bond donors (Lipinski definition) is 3. The zero-order chi connectivity index (χ0) is 15.2. The molecule has 0 aromatic heterocycles. The first-order valence-corrected chi connectivity index (χ1v) is 6.61. The summed E-state index contributed by atoms with van der Waals surface area (Å²) in [5, 5.41) is 12.1. The maximum absolute atomic E-state index is 13.0. The molecule has 0 aliphatic heterocycles. The van der Waals surface area contributed by atoms with Crippen molar-refractivity contribution >= 4 is 11.6 Å². The minimum Gasteiger partial charge on any atom is -0.398 e. The number of hydrogen-bond acceptors (Lipinski definition) is 3. The van der Waals surface area contributed by atoms with E-state index in [1.807, 2.05) is 30.3 Å². The van der Waals surface area contributed by atoms with Gasteiger partial charge < -0.3 is 16.2 Å². The van der Waals surface area contributed by atoms with Gasteiger partial charge in [-0.2, -0.15) is 0 Å². The van der Waals surface area contributed by atoms with Crippen molar-refractivity contribution in [2.75, 3.05) is 12.3 Å². The van der Waals surface area contributed by atoms with Gasteiger partial charge in [-0.3, -0.25) is 4.79 Å². The SMILES string of the molecule is Nc1cc(F)ccc1C(=O)NC(CO)Cc1ccccc1. The highest BCUT2D eigenvalue weighted by molar-refractivity contribution is 5.99. The van der Waals surface area contributed by atoms with Gasteiger partial charge in [-0.1, -0.05) is 30.3 Å². The van der Waals surface area contributed by atoms with E-state index in [-0.39, 0.29) is 17.9 Å². The van der Waals surface area contributed by atoms with Crippen LogP contribution in [0.25, 0.3) is 0 Å². The lowest BCUT2D eigenvalue weighted by Gasteiger charge is -2.17. The van der Waals surface area contributed by atoms with Gasteiger partial charge in [0.05, 0.1) is 18.2 Å². The number of rotatable bonds is 5. The van der Waals surface area contributed by atoms with Crippen LogP contribution in [0.15, 0.2) is 48.5 Å². The second-order valence-electron chi connectivity index (χ2n) is 4.77. The molecule has 0 aliphatic carbocycles. The Bertz CT molecular complexity index is 617. The molecule has 0 spiro atoms. The molecule has 0 saturated carbocycles. The molecule has 21 heavy (non-hydrogen) atoms. The summed E-state index contributed by atoms with van der Waals surface area (Å²) in [6.45, 7) is -0.193. The van der Waals surface area contributed by atoms with Crippen molar-refractivity contribution in [3.05, 3.63) is 65.5 Å². The van der Waals surface area contributed by atoms with E-state index in [0.717, 1.165) is 11.6 Å². The first-order valence-electron chi connectivity index (χ1n) is 6.61. The van der Waals surface area contributed by atoms with E-state index in [9.17, 15) is 14.3 Å². The molecule has 1 amide bonds. The average Bonchev–Trinajstić information content (AvgIpc) is 2.47. The van der Waals surface area contributed by atoms with Gasteiger partial charge in [-0.25, -0.2) is 4.39 Å². The number of nitrogen functional groups attached to an aromatic ring is 1. The minimum absolute atomic E-state index is 0.0731. The van der Waals surface area contributed by atoms with Crippen LogP contribution in [0.1, 0.15) is 15.9 Å². The molecule has 4 nitrogen and oxygen atoms in total. The van der Waals surface area contributed by atoms with Crippen LogP contribution < -0.4 is 11.1 Å². The fourth-order valence-corrected chi connectivity index (χ4v) is 2.06. The Labute approximate surface area is 122 Å². The molecule has 1 atom stereocenters. The molecule has 5 heteroatoms. The molecule has 4 N–H and O–H groups in total. The van der Waals surface area contributed by atoms with Crippen molar-refractivity contribution in [1.29, 1.82) is 0 Å². The molecule has 0 saturated heterocycles. The molecular weight excluding hydrogens is 271 g/mol. The third kappa shape index (κ3) is 4.03. The highest BCUT2D eigenvalue weighted by atomic mass is 19.1. The normalized spacial score (nSPS) is 11.9. The van der Waals surface area contributed by atoms with Crippen LogP contribution in [-0.2, 0) is 6.42 Å².